The van der Waals surface area contributed by atoms with Crippen molar-refractivity contribution in [1.29, 1.82) is 0 Å². The van der Waals surface area contributed by atoms with Gasteiger partial charge in [0.05, 0.1) is 12.1 Å². The van der Waals surface area contributed by atoms with E-state index < -0.39 is 0 Å². The third kappa shape index (κ3) is 4.27. The lowest BCUT2D eigenvalue weighted by atomic mass is 9.86. The lowest BCUT2D eigenvalue weighted by molar-refractivity contribution is -0.121. The molecule has 0 radical (unpaired) electrons. The molecule has 0 unspecified atom stereocenters. The van der Waals surface area contributed by atoms with E-state index in [-0.39, 0.29) is 11.4 Å². The van der Waals surface area contributed by atoms with Crippen LogP contribution in [0.25, 0.3) is 0 Å². The average Bonchev–Trinajstić information content (AvgIpc) is 3.02. The van der Waals surface area contributed by atoms with Crippen molar-refractivity contribution in [1.82, 2.24) is 15.6 Å². The molecule has 1 fully saturated rings. The SMILES string of the molecule is CC[C@](C)(NCC(=O)N[C@H]1CCCC[C@H]1C)c1nccs1. The zero-order valence-corrected chi connectivity index (χ0v) is 14.1. The molecule has 0 aromatic carbocycles. The highest BCUT2D eigenvalue weighted by Gasteiger charge is 2.28. The molecule has 118 valence electrons. The van der Waals surface area contributed by atoms with Gasteiger partial charge in [-0.05, 0) is 32.1 Å². The normalized spacial score (nSPS) is 25.3. The van der Waals surface area contributed by atoms with Gasteiger partial charge in [0.15, 0.2) is 0 Å². The number of hydrogen-bond donors (Lipinski definition) is 2. The van der Waals surface area contributed by atoms with Gasteiger partial charge >= 0.3 is 0 Å². The molecule has 5 heteroatoms. The Hall–Kier alpha value is -0.940. The van der Waals surface area contributed by atoms with Crippen molar-refractivity contribution >= 4 is 17.2 Å². The standard InChI is InChI=1S/C16H27N3OS/c1-4-16(3,15-17-9-10-21-15)18-11-14(20)19-13-8-6-5-7-12(13)2/h9-10,12-13,18H,4-8,11H2,1-3H3,(H,19,20)/t12-,13+,16+/m1/s1. The van der Waals surface area contributed by atoms with Gasteiger partial charge in [-0.15, -0.1) is 11.3 Å². The first-order valence-corrected chi connectivity index (χ1v) is 8.87. The Bertz CT molecular complexity index is 448. The first-order chi connectivity index (χ1) is 10.0. The summed E-state index contributed by atoms with van der Waals surface area (Å²) in [4.78, 5) is 16.6. The maximum absolute atomic E-state index is 12.2. The second-order valence-electron chi connectivity index (χ2n) is 6.31. The van der Waals surface area contributed by atoms with Crippen molar-refractivity contribution in [3.63, 3.8) is 0 Å². The Morgan fingerprint density at radius 1 is 1.48 bits per heavy atom. The largest absolute Gasteiger partial charge is 0.352 e. The van der Waals surface area contributed by atoms with Crippen molar-refractivity contribution in [3.8, 4) is 0 Å². The molecule has 1 aliphatic carbocycles. The van der Waals surface area contributed by atoms with Gasteiger partial charge in [-0.2, -0.15) is 0 Å². The molecule has 3 atom stereocenters. The second kappa shape index (κ2) is 7.36. The minimum Gasteiger partial charge on any atom is -0.352 e. The van der Waals surface area contributed by atoms with Crippen LogP contribution in [-0.2, 0) is 10.3 Å². The van der Waals surface area contributed by atoms with Crippen LogP contribution in [0.4, 0.5) is 0 Å². The molecule has 2 rings (SSSR count). The van der Waals surface area contributed by atoms with Crippen molar-refractivity contribution < 1.29 is 4.79 Å². The number of aromatic nitrogens is 1. The minimum atomic E-state index is -0.219. The first-order valence-electron chi connectivity index (χ1n) is 7.99. The van der Waals surface area contributed by atoms with E-state index in [0.29, 0.717) is 18.5 Å². The van der Waals surface area contributed by atoms with Gasteiger partial charge in [0, 0.05) is 17.6 Å². The van der Waals surface area contributed by atoms with Gasteiger partial charge < -0.3 is 5.32 Å². The molecule has 1 amide bonds. The Labute approximate surface area is 131 Å². The highest BCUT2D eigenvalue weighted by molar-refractivity contribution is 7.09. The number of thiazole rings is 1. The number of nitrogens with one attached hydrogen (secondary N) is 2. The number of carbonyl (C=O) groups is 1. The summed E-state index contributed by atoms with van der Waals surface area (Å²) < 4.78 is 0. The van der Waals surface area contributed by atoms with Crippen LogP contribution in [0.1, 0.15) is 57.9 Å². The minimum absolute atomic E-state index is 0.102. The molecular weight excluding hydrogens is 282 g/mol. The molecule has 0 spiro atoms. The van der Waals surface area contributed by atoms with Crippen LogP contribution in [0.3, 0.4) is 0 Å². The van der Waals surface area contributed by atoms with Crippen molar-refractivity contribution in [3.05, 3.63) is 16.6 Å². The summed E-state index contributed by atoms with van der Waals surface area (Å²) in [5, 5.41) is 9.61. The van der Waals surface area contributed by atoms with Crippen LogP contribution in [-0.4, -0.2) is 23.5 Å². The molecule has 4 nitrogen and oxygen atoms in total. The van der Waals surface area contributed by atoms with Crippen LogP contribution in [0.2, 0.25) is 0 Å². The highest BCUT2D eigenvalue weighted by Crippen LogP contribution is 2.26. The van der Waals surface area contributed by atoms with Crippen LogP contribution in [0, 0.1) is 5.92 Å². The summed E-state index contributed by atoms with van der Waals surface area (Å²) in [6, 6.07) is 0.348. The third-order valence-corrected chi connectivity index (χ3v) is 5.75. The van der Waals surface area contributed by atoms with Crippen molar-refractivity contribution in [2.75, 3.05) is 6.54 Å². The van der Waals surface area contributed by atoms with Crippen molar-refractivity contribution in [2.45, 2.75) is 64.5 Å². The molecule has 0 bridgehead atoms. The molecule has 0 aliphatic heterocycles. The lowest BCUT2D eigenvalue weighted by Crippen LogP contribution is -2.48. The van der Waals surface area contributed by atoms with Gasteiger partial charge in [-0.25, -0.2) is 4.98 Å². The summed E-state index contributed by atoms with van der Waals surface area (Å²) in [5.74, 6) is 0.698. The molecule has 1 aromatic heterocycles. The molecule has 2 N–H and O–H groups in total. The van der Waals surface area contributed by atoms with Crippen molar-refractivity contribution in [2.24, 2.45) is 5.92 Å². The van der Waals surface area contributed by atoms with Gasteiger partial charge in [0.1, 0.15) is 5.01 Å². The Kier molecular flexibility index (Phi) is 5.76. The molecule has 1 heterocycles. The van der Waals surface area contributed by atoms with E-state index >= 15 is 0 Å². The van der Waals surface area contributed by atoms with E-state index in [1.807, 2.05) is 11.6 Å². The van der Waals surface area contributed by atoms with Crippen LogP contribution >= 0.6 is 11.3 Å². The van der Waals surface area contributed by atoms with Crippen LogP contribution in [0.15, 0.2) is 11.6 Å². The Morgan fingerprint density at radius 2 is 2.24 bits per heavy atom. The van der Waals surface area contributed by atoms with E-state index in [1.54, 1.807) is 11.3 Å². The number of amides is 1. The fourth-order valence-electron chi connectivity index (χ4n) is 2.91. The van der Waals surface area contributed by atoms with Gasteiger partial charge in [-0.1, -0.05) is 26.7 Å². The second-order valence-corrected chi connectivity index (χ2v) is 7.21. The van der Waals surface area contributed by atoms with Gasteiger partial charge in [-0.3, -0.25) is 10.1 Å². The van der Waals surface area contributed by atoms with E-state index in [9.17, 15) is 4.79 Å². The van der Waals surface area contributed by atoms with Crippen LogP contribution in [0.5, 0.6) is 0 Å². The average molecular weight is 309 g/mol. The molecule has 1 aliphatic rings. The first kappa shape index (κ1) is 16.4. The van der Waals surface area contributed by atoms with E-state index in [0.717, 1.165) is 17.8 Å². The summed E-state index contributed by atoms with van der Waals surface area (Å²) in [7, 11) is 0. The maximum Gasteiger partial charge on any atom is 0.234 e. The maximum atomic E-state index is 12.2. The number of nitrogens with zero attached hydrogens (tertiary/aromatic N) is 1. The highest BCUT2D eigenvalue weighted by atomic mass is 32.1. The fourth-order valence-corrected chi connectivity index (χ4v) is 3.76. The zero-order valence-electron chi connectivity index (χ0n) is 13.3. The molecule has 0 saturated heterocycles. The third-order valence-electron chi connectivity index (χ3n) is 4.71. The fraction of sp³-hybridized carbons (Fsp3) is 0.750. The molecule has 1 saturated carbocycles. The lowest BCUT2D eigenvalue weighted by Gasteiger charge is -2.31. The number of hydrogen-bond acceptors (Lipinski definition) is 4. The number of carbonyl (C=O) groups excluding carboxylic acids is 1. The van der Waals surface area contributed by atoms with E-state index in [4.69, 9.17) is 0 Å². The predicted octanol–water partition coefficient (Wildman–Crippen LogP) is 3.05. The van der Waals surface area contributed by atoms with E-state index in [2.05, 4.69) is 36.4 Å². The topological polar surface area (TPSA) is 54.0 Å². The zero-order chi connectivity index (χ0) is 15.3. The van der Waals surface area contributed by atoms with Crippen LogP contribution < -0.4 is 10.6 Å². The summed E-state index contributed by atoms with van der Waals surface area (Å²) >= 11 is 1.64. The predicted molar refractivity (Wildman–Crippen MR) is 87.3 cm³/mol. The smallest absolute Gasteiger partial charge is 0.234 e. The summed E-state index contributed by atoms with van der Waals surface area (Å²) in [6.45, 7) is 6.83. The summed E-state index contributed by atoms with van der Waals surface area (Å²) in [5.41, 5.74) is -0.219. The molecule has 21 heavy (non-hydrogen) atoms. The number of rotatable bonds is 6. The van der Waals surface area contributed by atoms with Gasteiger partial charge in [0.25, 0.3) is 0 Å². The quantitative estimate of drug-likeness (QED) is 0.849. The monoisotopic (exact) mass is 309 g/mol. The van der Waals surface area contributed by atoms with Gasteiger partial charge in [0.2, 0.25) is 5.91 Å². The molecule has 1 aromatic rings. The molecular formula is C16H27N3OS. The Morgan fingerprint density at radius 3 is 2.86 bits per heavy atom. The summed E-state index contributed by atoms with van der Waals surface area (Å²) in [6.07, 6.45) is 7.60. The Balaban J connectivity index is 1.85. The van der Waals surface area contributed by atoms with E-state index in [1.165, 1.54) is 19.3 Å².